The minimum atomic E-state index is 0.0494. The van der Waals surface area contributed by atoms with Gasteiger partial charge in [-0.1, -0.05) is 23.9 Å². The van der Waals surface area contributed by atoms with Crippen molar-refractivity contribution in [1.82, 2.24) is 15.0 Å². The maximum absolute atomic E-state index is 11.8. The van der Waals surface area contributed by atoms with Gasteiger partial charge in [0.25, 0.3) is 0 Å². The highest BCUT2D eigenvalue weighted by Gasteiger charge is 2.26. The molecule has 3 rings (SSSR count). The van der Waals surface area contributed by atoms with E-state index >= 15 is 0 Å². The molecule has 1 aliphatic carbocycles. The number of ether oxygens (including phenoxy) is 1. The molecule has 0 bridgehead atoms. The van der Waals surface area contributed by atoms with E-state index < -0.39 is 0 Å². The van der Waals surface area contributed by atoms with Crippen LogP contribution < -0.4 is 4.74 Å². The summed E-state index contributed by atoms with van der Waals surface area (Å²) in [5, 5.41) is 8.09. The average Bonchev–Trinajstić information content (AvgIpc) is 2.89. The molecule has 2 aromatic rings. The Labute approximate surface area is 116 Å². The van der Waals surface area contributed by atoms with Crippen LogP contribution in [0, 0.1) is 0 Å². The van der Waals surface area contributed by atoms with E-state index in [1.54, 1.807) is 11.8 Å². The molecule has 0 saturated heterocycles. The van der Waals surface area contributed by atoms with Crippen LogP contribution in [0.25, 0.3) is 5.57 Å². The van der Waals surface area contributed by atoms with Gasteiger partial charge in [0.1, 0.15) is 5.75 Å². The number of hydrogen-bond acceptors (Lipinski definition) is 4. The fourth-order valence-corrected chi connectivity index (χ4v) is 2.37. The summed E-state index contributed by atoms with van der Waals surface area (Å²) in [7, 11) is 1.64. The molecule has 0 aliphatic heterocycles. The van der Waals surface area contributed by atoms with E-state index in [2.05, 4.69) is 16.9 Å². The molecule has 5 heteroatoms. The lowest BCUT2D eigenvalue weighted by molar-refractivity contribution is 0.0975. The van der Waals surface area contributed by atoms with Gasteiger partial charge in [-0.05, 0) is 29.7 Å². The van der Waals surface area contributed by atoms with E-state index in [-0.39, 0.29) is 5.78 Å². The molecule has 0 fully saturated rings. The van der Waals surface area contributed by atoms with Crippen molar-refractivity contribution in [2.75, 3.05) is 7.11 Å². The van der Waals surface area contributed by atoms with Gasteiger partial charge in [0.05, 0.1) is 19.3 Å². The van der Waals surface area contributed by atoms with E-state index in [0.29, 0.717) is 25.1 Å². The van der Waals surface area contributed by atoms with Gasteiger partial charge in [0, 0.05) is 6.42 Å². The lowest BCUT2D eigenvalue weighted by Gasteiger charge is -2.14. The summed E-state index contributed by atoms with van der Waals surface area (Å²) in [6.45, 7) is 4.59. The highest BCUT2D eigenvalue weighted by atomic mass is 16.5. The molecule has 1 heterocycles. The molecule has 1 aliphatic rings. The third-order valence-electron chi connectivity index (χ3n) is 3.48. The van der Waals surface area contributed by atoms with E-state index in [9.17, 15) is 4.79 Å². The zero-order chi connectivity index (χ0) is 14.1. The Bertz CT molecular complexity index is 671. The van der Waals surface area contributed by atoms with Crippen molar-refractivity contribution in [3.8, 4) is 5.75 Å². The summed E-state index contributed by atoms with van der Waals surface area (Å²) >= 11 is 0. The molecule has 0 atom stereocenters. The number of carbonyl (C=O) groups excluding carboxylic acids is 1. The van der Waals surface area contributed by atoms with Gasteiger partial charge in [-0.2, -0.15) is 0 Å². The first-order valence-corrected chi connectivity index (χ1v) is 6.47. The maximum Gasteiger partial charge on any atom is 0.185 e. The Morgan fingerprint density at radius 2 is 2.05 bits per heavy atom. The number of nitrogens with zero attached hydrogens (tertiary/aromatic N) is 3. The molecule has 5 nitrogen and oxygen atoms in total. The van der Waals surface area contributed by atoms with Gasteiger partial charge >= 0.3 is 0 Å². The minimum absolute atomic E-state index is 0.0494. The summed E-state index contributed by atoms with van der Waals surface area (Å²) in [5.74, 6) is 0.863. The third kappa shape index (κ3) is 2.11. The van der Waals surface area contributed by atoms with E-state index in [1.807, 2.05) is 24.3 Å². The zero-order valence-corrected chi connectivity index (χ0v) is 11.3. The second-order valence-corrected chi connectivity index (χ2v) is 4.82. The van der Waals surface area contributed by atoms with Crippen LogP contribution in [0.5, 0.6) is 5.75 Å². The fourth-order valence-electron chi connectivity index (χ4n) is 2.37. The number of methoxy groups -OCH3 is 1. The maximum atomic E-state index is 11.8. The second kappa shape index (κ2) is 4.92. The SMILES string of the molecule is C=C1CCC(=O)c2nnn(Cc3ccc(OC)cc3)c21. The molecule has 102 valence electrons. The first kappa shape index (κ1) is 12.6. The van der Waals surface area contributed by atoms with Crippen molar-refractivity contribution in [3.05, 3.63) is 47.8 Å². The molecule has 0 N–H and O–H groups in total. The van der Waals surface area contributed by atoms with Gasteiger partial charge in [-0.15, -0.1) is 5.10 Å². The number of fused-ring (bicyclic) bond motifs is 1. The highest BCUT2D eigenvalue weighted by molar-refractivity contribution is 6.01. The van der Waals surface area contributed by atoms with Crippen LogP contribution in [-0.2, 0) is 6.54 Å². The topological polar surface area (TPSA) is 57.0 Å². The molecule has 0 amide bonds. The quantitative estimate of drug-likeness (QED) is 0.858. The van der Waals surface area contributed by atoms with Crippen molar-refractivity contribution < 1.29 is 9.53 Å². The Morgan fingerprint density at radius 1 is 1.30 bits per heavy atom. The minimum Gasteiger partial charge on any atom is -0.497 e. The summed E-state index contributed by atoms with van der Waals surface area (Å²) < 4.78 is 6.88. The van der Waals surface area contributed by atoms with Crippen LogP contribution in [0.2, 0.25) is 0 Å². The lowest BCUT2D eigenvalue weighted by atomic mass is 9.95. The number of carbonyl (C=O) groups is 1. The lowest BCUT2D eigenvalue weighted by Crippen LogP contribution is -2.13. The number of aromatic nitrogens is 3. The van der Waals surface area contributed by atoms with Crippen LogP contribution in [0.3, 0.4) is 0 Å². The third-order valence-corrected chi connectivity index (χ3v) is 3.48. The Hall–Kier alpha value is -2.43. The Kier molecular flexibility index (Phi) is 3.10. The van der Waals surface area contributed by atoms with E-state index in [1.165, 1.54) is 0 Å². The standard InChI is InChI=1S/C15H15N3O2/c1-10-3-8-13(19)14-15(10)18(17-16-14)9-11-4-6-12(20-2)7-5-11/h4-7H,1,3,8-9H2,2H3. The van der Waals surface area contributed by atoms with Crippen LogP contribution in [0.4, 0.5) is 0 Å². The number of hydrogen-bond donors (Lipinski definition) is 0. The van der Waals surface area contributed by atoms with Gasteiger partial charge in [-0.25, -0.2) is 4.68 Å². The molecule has 0 unspecified atom stereocenters. The predicted molar refractivity (Wildman–Crippen MR) is 74.7 cm³/mol. The number of Topliss-reactive ketones (excluding diaryl/α,β-unsaturated/α-hetero) is 1. The van der Waals surface area contributed by atoms with Crippen LogP contribution in [0.15, 0.2) is 30.8 Å². The zero-order valence-electron chi connectivity index (χ0n) is 11.3. The number of benzene rings is 1. The van der Waals surface area contributed by atoms with Crippen molar-refractivity contribution in [1.29, 1.82) is 0 Å². The first-order valence-electron chi connectivity index (χ1n) is 6.47. The summed E-state index contributed by atoms with van der Waals surface area (Å²) in [6.07, 6.45) is 1.16. The monoisotopic (exact) mass is 269 g/mol. The Balaban J connectivity index is 1.91. The van der Waals surface area contributed by atoms with Crippen molar-refractivity contribution in [3.63, 3.8) is 0 Å². The van der Waals surface area contributed by atoms with E-state index in [0.717, 1.165) is 22.6 Å². The number of ketones is 1. The van der Waals surface area contributed by atoms with Gasteiger partial charge in [0.2, 0.25) is 0 Å². The molecule has 1 aromatic carbocycles. The smallest absolute Gasteiger partial charge is 0.185 e. The normalized spacial score (nSPS) is 14.2. The Morgan fingerprint density at radius 3 is 2.75 bits per heavy atom. The fraction of sp³-hybridized carbons (Fsp3) is 0.267. The van der Waals surface area contributed by atoms with Gasteiger partial charge in [-0.3, -0.25) is 4.79 Å². The number of rotatable bonds is 3. The first-order chi connectivity index (χ1) is 9.69. The van der Waals surface area contributed by atoms with E-state index in [4.69, 9.17) is 4.74 Å². The molecular weight excluding hydrogens is 254 g/mol. The molecule has 0 saturated carbocycles. The van der Waals surface area contributed by atoms with Crippen molar-refractivity contribution >= 4 is 11.4 Å². The summed E-state index contributed by atoms with van der Waals surface area (Å²) in [5.41, 5.74) is 3.23. The predicted octanol–water partition coefficient (Wildman–Crippen LogP) is 2.32. The molecule has 0 radical (unpaired) electrons. The molecule has 0 spiro atoms. The second-order valence-electron chi connectivity index (χ2n) is 4.82. The molecular formula is C15H15N3O2. The highest BCUT2D eigenvalue weighted by Crippen LogP contribution is 2.28. The van der Waals surface area contributed by atoms with Crippen LogP contribution >= 0.6 is 0 Å². The van der Waals surface area contributed by atoms with Crippen LogP contribution in [-0.4, -0.2) is 27.9 Å². The largest absolute Gasteiger partial charge is 0.497 e. The number of allylic oxidation sites excluding steroid dienone is 1. The van der Waals surface area contributed by atoms with Gasteiger partial charge in [0.15, 0.2) is 11.5 Å². The summed E-state index contributed by atoms with van der Waals surface area (Å²) in [4.78, 5) is 11.8. The average molecular weight is 269 g/mol. The van der Waals surface area contributed by atoms with Crippen LogP contribution in [0.1, 0.15) is 34.6 Å². The van der Waals surface area contributed by atoms with Crippen molar-refractivity contribution in [2.24, 2.45) is 0 Å². The molecule has 20 heavy (non-hydrogen) atoms. The summed E-state index contributed by atoms with van der Waals surface area (Å²) in [6, 6.07) is 7.75. The van der Waals surface area contributed by atoms with Crippen molar-refractivity contribution in [2.45, 2.75) is 19.4 Å². The molecule has 1 aromatic heterocycles. The van der Waals surface area contributed by atoms with Gasteiger partial charge < -0.3 is 4.74 Å².